The van der Waals surface area contributed by atoms with E-state index in [2.05, 4.69) is 39.4 Å². The van der Waals surface area contributed by atoms with Crippen molar-refractivity contribution in [1.29, 1.82) is 0 Å². The second kappa shape index (κ2) is 11.0. The van der Waals surface area contributed by atoms with Crippen molar-refractivity contribution in [3.8, 4) is 17.2 Å². The first kappa shape index (κ1) is 23.5. The number of hydrogen-bond donors (Lipinski definition) is 1. The number of piperazine rings is 1. The van der Waals surface area contributed by atoms with Crippen LogP contribution in [0, 0.1) is 0 Å². The van der Waals surface area contributed by atoms with Gasteiger partial charge in [-0.15, -0.1) is 0 Å². The first-order valence-electron chi connectivity index (χ1n) is 11.3. The largest absolute Gasteiger partial charge is 0.493 e. The summed E-state index contributed by atoms with van der Waals surface area (Å²) >= 11 is 0. The highest BCUT2D eigenvalue weighted by Gasteiger charge is 2.28. The van der Waals surface area contributed by atoms with E-state index in [1.807, 2.05) is 18.2 Å². The lowest BCUT2D eigenvalue weighted by molar-refractivity contribution is 0.0922. The second-order valence-corrected chi connectivity index (χ2v) is 8.01. The van der Waals surface area contributed by atoms with Crippen molar-refractivity contribution >= 4 is 11.6 Å². The number of benzene rings is 2. The summed E-state index contributed by atoms with van der Waals surface area (Å²) in [5.74, 6) is 1.93. The maximum atomic E-state index is 13.1. The molecule has 0 radical (unpaired) electrons. The molecule has 1 fully saturated rings. The van der Waals surface area contributed by atoms with Gasteiger partial charge in [-0.25, -0.2) is 0 Å². The van der Waals surface area contributed by atoms with E-state index < -0.39 is 0 Å². The Morgan fingerprint density at radius 2 is 1.62 bits per heavy atom. The van der Waals surface area contributed by atoms with Gasteiger partial charge in [0.2, 0.25) is 5.75 Å². The third-order valence-corrected chi connectivity index (χ3v) is 6.13. The molecule has 1 atom stereocenters. The van der Waals surface area contributed by atoms with Crippen LogP contribution in [0.3, 0.4) is 0 Å². The first-order valence-corrected chi connectivity index (χ1v) is 11.3. The van der Waals surface area contributed by atoms with Gasteiger partial charge in [0, 0.05) is 44.0 Å². The van der Waals surface area contributed by atoms with Crippen molar-refractivity contribution in [2.45, 2.75) is 6.04 Å². The molecule has 1 aliphatic rings. The van der Waals surface area contributed by atoms with E-state index in [1.165, 1.54) is 27.0 Å². The van der Waals surface area contributed by atoms with Gasteiger partial charge in [0.25, 0.3) is 5.91 Å². The van der Waals surface area contributed by atoms with Gasteiger partial charge in [0.05, 0.1) is 33.6 Å². The Kier molecular flexibility index (Phi) is 7.59. The number of methoxy groups -OCH3 is 3. The number of carbonyl (C=O) groups is 1. The molecule has 1 N–H and O–H groups in total. The average molecular weight is 466 g/mol. The third-order valence-electron chi connectivity index (χ3n) is 6.13. The van der Waals surface area contributed by atoms with Gasteiger partial charge in [-0.1, -0.05) is 18.2 Å². The molecule has 0 unspecified atom stereocenters. The summed E-state index contributed by atoms with van der Waals surface area (Å²) < 4.78 is 21.9. The maximum absolute atomic E-state index is 13.1. The highest BCUT2D eigenvalue weighted by atomic mass is 16.5. The summed E-state index contributed by atoms with van der Waals surface area (Å²) in [4.78, 5) is 17.8. The number of ether oxygens (including phenoxy) is 3. The molecule has 4 rings (SSSR count). The van der Waals surface area contributed by atoms with Crippen LogP contribution >= 0.6 is 0 Å². The molecule has 1 aromatic heterocycles. The minimum absolute atomic E-state index is 0.0705. The molecule has 180 valence electrons. The van der Waals surface area contributed by atoms with Crippen LogP contribution in [-0.4, -0.2) is 64.9 Å². The predicted octanol–water partition coefficient (Wildman–Crippen LogP) is 3.60. The minimum atomic E-state index is -0.223. The SMILES string of the molecule is COc1cc(C(=O)NC[C@H](c2ccco2)N2CCN(c3ccccc3)CC2)cc(OC)c1OC. The molecule has 1 saturated heterocycles. The number of carbonyl (C=O) groups excluding carboxylic acids is 1. The molecule has 8 nitrogen and oxygen atoms in total. The molecule has 0 aliphatic carbocycles. The Hall–Kier alpha value is -3.65. The van der Waals surface area contributed by atoms with Crippen molar-refractivity contribution in [3.05, 3.63) is 72.2 Å². The Morgan fingerprint density at radius 1 is 0.941 bits per heavy atom. The van der Waals surface area contributed by atoms with Gasteiger partial charge in [-0.05, 0) is 36.4 Å². The summed E-state index contributed by atoms with van der Waals surface area (Å²) in [6.45, 7) is 3.94. The Morgan fingerprint density at radius 3 is 2.18 bits per heavy atom. The van der Waals surface area contributed by atoms with Crippen LogP contribution in [0.15, 0.2) is 65.3 Å². The summed E-state index contributed by atoms with van der Waals surface area (Å²) in [5, 5.41) is 3.06. The highest BCUT2D eigenvalue weighted by Crippen LogP contribution is 2.38. The second-order valence-electron chi connectivity index (χ2n) is 8.01. The molecular weight excluding hydrogens is 434 g/mol. The molecular formula is C26H31N3O5. The number of hydrogen-bond acceptors (Lipinski definition) is 7. The van der Waals surface area contributed by atoms with Crippen molar-refractivity contribution < 1.29 is 23.4 Å². The van der Waals surface area contributed by atoms with Crippen LogP contribution in [0.5, 0.6) is 17.2 Å². The lowest BCUT2D eigenvalue weighted by Crippen LogP contribution is -2.49. The zero-order valence-electron chi connectivity index (χ0n) is 19.8. The van der Waals surface area contributed by atoms with E-state index in [-0.39, 0.29) is 11.9 Å². The predicted molar refractivity (Wildman–Crippen MR) is 130 cm³/mol. The number of anilines is 1. The molecule has 3 aromatic rings. The Balaban J connectivity index is 1.45. The molecule has 0 saturated carbocycles. The van der Waals surface area contributed by atoms with Crippen molar-refractivity contribution in [3.63, 3.8) is 0 Å². The van der Waals surface area contributed by atoms with E-state index in [1.54, 1.807) is 18.4 Å². The maximum Gasteiger partial charge on any atom is 0.251 e. The Bertz CT molecular complexity index is 1040. The lowest BCUT2D eigenvalue weighted by Gasteiger charge is -2.39. The molecule has 0 bridgehead atoms. The molecule has 1 aliphatic heterocycles. The van der Waals surface area contributed by atoms with Crippen LogP contribution < -0.4 is 24.4 Å². The van der Waals surface area contributed by atoms with Crippen LogP contribution in [0.2, 0.25) is 0 Å². The van der Waals surface area contributed by atoms with Gasteiger partial charge in [-0.3, -0.25) is 9.69 Å². The van der Waals surface area contributed by atoms with E-state index in [4.69, 9.17) is 18.6 Å². The van der Waals surface area contributed by atoms with E-state index in [0.717, 1.165) is 31.9 Å². The number of amides is 1. The molecule has 34 heavy (non-hydrogen) atoms. The smallest absolute Gasteiger partial charge is 0.251 e. The van der Waals surface area contributed by atoms with E-state index >= 15 is 0 Å². The minimum Gasteiger partial charge on any atom is -0.493 e. The Labute approximate surface area is 200 Å². The van der Waals surface area contributed by atoms with E-state index in [9.17, 15) is 4.79 Å². The standard InChI is InChI=1S/C26H31N3O5/c1-31-23-16-19(17-24(32-2)25(23)33-3)26(30)27-18-21(22-10-7-15-34-22)29-13-11-28(12-14-29)20-8-5-4-6-9-20/h4-10,15-17,21H,11-14,18H2,1-3H3,(H,27,30)/t21-/m1/s1. The summed E-state index contributed by atoms with van der Waals surface area (Å²) in [7, 11) is 4.59. The first-order chi connectivity index (χ1) is 16.6. The number of nitrogens with zero attached hydrogens (tertiary/aromatic N) is 2. The normalized spacial score (nSPS) is 15.0. The van der Waals surface area contributed by atoms with Crippen LogP contribution in [0.25, 0.3) is 0 Å². The van der Waals surface area contributed by atoms with Crippen LogP contribution in [0.4, 0.5) is 5.69 Å². The summed E-state index contributed by atoms with van der Waals surface area (Å²) in [6, 6.07) is 17.5. The van der Waals surface area contributed by atoms with Crippen molar-refractivity contribution in [1.82, 2.24) is 10.2 Å². The topological polar surface area (TPSA) is 76.4 Å². The average Bonchev–Trinajstić information content (AvgIpc) is 3.43. The van der Waals surface area contributed by atoms with Gasteiger partial charge >= 0.3 is 0 Å². The number of rotatable bonds is 9. The molecule has 0 spiro atoms. The van der Waals surface area contributed by atoms with Gasteiger partial charge in [0.1, 0.15) is 5.76 Å². The fourth-order valence-electron chi connectivity index (χ4n) is 4.32. The molecule has 2 aromatic carbocycles. The molecule has 1 amide bonds. The zero-order valence-corrected chi connectivity index (χ0v) is 19.8. The van der Waals surface area contributed by atoms with Crippen molar-refractivity contribution in [2.24, 2.45) is 0 Å². The van der Waals surface area contributed by atoms with Crippen molar-refractivity contribution in [2.75, 3.05) is 59.0 Å². The monoisotopic (exact) mass is 465 g/mol. The van der Waals surface area contributed by atoms with E-state index in [0.29, 0.717) is 29.4 Å². The number of nitrogens with one attached hydrogen (secondary N) is 1. The van der Waals surface area contributed by atoms with Crippen LogP contribution in [-0.2, 0) is 0 Å². The highest BCUT2D eigenvalue weighted by molar-refractivity contribution is 5.95. The fraction of sp³-hybridized carbons (Fsp3) is 0.346. The summed E-state index contributed by atoms with van der Waals surface area (Å²) in [6.07, 6.45) is 1.67. The number of furan rings is 1. The lowest BCUT2D eigenvalue weighted by atomic mass is 10.1. The van der Waals surface area contributed by atoms with Gasteiger partial charge in [0.15, 0.2) is 11.5 Å². The quantitative estimate of drug-likeness (QED) is 0.517. The molecule has 2 heterocycles. The molecule has 8 heteroatoms. The third kappa shape index (κ3) is 5.12. The fourth-order valence-corrected chi connectivity index (χ4v) is 4.32. The van der Waals surface area contributed by atoms with Gasteiger partial charge < -0.3 is 28.8 Å². The van der Waals surface area contributed by atoms with Gasteiger partial charge in [-0.2, -0.15) is 0 Å². The summed E-state index contributed by atoms with van der Waals surface area (Å²) in [5.41, 5.74) is 1.66. The zero-order chi connectivity index (χ0) is 23.9. The number of para-hydroxylation sites is 1. The van der Waals surface area contributed by atoms with Crippen LogP contribution in [0.1, 0.15) is 22.2 Å².